The Morgan fingerprint density at radius 1 is 1.08 bits per heavy atom. The van der Waals surface area contributed by atoms with Crippen LogP contribution in [0.2, 0.25) is 0 Å². The summed E-state index contributed by atoms with van der Waals surface area (Å²) in [6, 6.07) is 12.7. The van der Waals surface area contributed by atoms with E-state index in [9.17, 15) is 8.42 Å². The summed E-state index contributed by atoms with van der Waals surface area (Å²) in [5.41, 5.74) is 2.59. The van der Waals surface area contributed by atoms with Crippen molar-refractivity contribution in [3.63, 3.8) is 0 Å². The highest BCUT2D eigenvalue weighted by Crippen LogP contribution is 2.22. The topological polar surface area (TPSA) is 64.6 Å². The van der Waals surface area contributed by atoms with Gasteiger partial charge in [0.05, 0.1) is 18.1 Å². The molecule has 5 nitrogen and oxygen atoms in total. The van der Waals surface area contributed by atoms with Gasteiger partial charge < -0.3 is 9.47 Å². The van der Waals surface area contributed by atoms with E-state index in [1.807, 2.05) is 37.3 Å². The van der Waals surface area contributed by atoms with Gasteiger partial charge in [0.25, 0.3) is 0 Å². The van der Waals surface area contributed by atoms with E-state index in [4.69, 9.17) is 9.47 Å². The van der Waals surface area contributed by atoms with Crippen molar-refractivity contribution in [1.82, 2.24) is 4.72 Å². The zero-order valence-electron chi connectivity index (χ0n) is 14.4. The second-order valence-electron chi connectivity index (χ2n) is 5.62. The molecular formula is C18H23NO4S. The molecule has 0 saturated heterocycles. The molecule has 130 valence electrons. The highest BCUT2D eigenvalue weighted by molar-refractivity contribution is 7.89. The highest BCUT2D eigenvalue weighted by atomic mass is 32.2. The molecule has 0 unspecified atom stereocenters. The Morgan fingerprint density at radius 3 is 2.46 bits per heavy atom. The molecule has 1 atom stereocenters. The Bertz CT molecular complexity index is 802. The zero-order chi connectivity index (χ0) is 17.7. The van der Waals surface area contributed by atoms with Gasteiger partial charge in [0.1, 0.15) is 5.75 Å². The number of hydrogen-bond donors (Lipinski definition) is 1. The van der Waals surface area contributed by atoms with Crippen LogP contribution in [-0.4, -0.2) is 29.2 Å². The molecule has 0 fully saturated rings. The molecule has 0 bridgehead atoms. The Kier molecular flexibility index (Phi) is 5.99. The molecule has 2 rings (SSSR count). The van der Waals surface area contributed by atoms with E-state index in [1.165, 1.54) is 0 Å². The lowest BCUT2D eigenvalue weighted by Crippen LogP contribution is -2.29. The maximum absolute atomic E-state index is 12.5. The fraction of sp³-hybridized carbons (Fsp3) is 0.333. The summed E-state index contributed by atoms with van der Waals surface area (Å²) >= 11 is 0. The molecule has 0 aliphatic heterocycles. The second-order valence-corrected chi connectivity index (χ2v) is 7.36. The summed E-state index contributed by atoms with van der Waals surface area (Å²) in [5, 5.41) is 0. The SMILES string of the molecule is COc1cccc([C@H](CNS(=O)(=O)c2ccc(C)cc2C)OC)c1. The third kappa shape index (κ3) is 4.35. The first-order valence-corrected chi connectivity index (χ1v) is 9.09. The van der Waals surface area contributed by atoms with E-state index in [-0.39, 0.29) is 11.4 Å². The second kappa shape index (κ2) is 7.79. The molecule has 2 aromatic carbocycles. The van der Waals surface area contributed by atoms with Crippen LogP contribution in [0, 0.1) is 13.8 Å². The van der Waals surface area contributed by atoms with Gasteiger partial charge in [0.15, 0.2) is 0 Å². The zero-order valence-corrected chi connectivity index (χ0v) is 15.2. The lowest BCUT2D eigenvalue weighted by molar-refractivity contribution is 0.107. The van der Waals surface area contributed by atoms with Crippen LogP contribution in [0.3, 0.4) is 0 Å². The number of ether oxygens (including phenoxy) is 2. The molecule has 0 heterocycles. The van der Waals surface area contributed by atoms with E-state index in [0.717, 1.165) is 16.7 Å². The third-order valence-electron chi connectivity index (χ3n) is 3.83. The third-order valence-corrected chi connectivity index (χ3v) is 5.41. The molecule has 1 N–H and O–H groups in total. The number of sulfonamides is 1. The van der Waals surface area contributed by atoms with Gasteiger partial charge in [-0.25, -0.2) is 13.1 Å². The Hall–Kier alpha value is -1.89. The van der Waals surface area contributed by atoms with E-state index < -0.39 is 16.1 Å². The summed E-state index contributed by atoms with van der Waals surface area (Å²) < 4.78 is 38.4. The summed E-state index contributed by atoms with van der Waals surface area (Å²) in [7, 11) is -0.460. The van der Waals surface area contributed by atoms with Crippen LogP contribution in [0.15, 0.2) is 47.4 Å². The maximum Gasteiger partial charge on any atom is 0.240 e. The van der Waals surface area contributed by atoms with E-state index in [0.29, 0.717) is 5.75 Å². The fourth-order valence-corrected chi connectivity index (χ4v) is 3.80. The van der Waals surface area contributed by atoms with Crippen LogP contribution < -0.4 is 9.46 Å². The summed E-state index contributed by atoms with van der Waals surface area (Å²) in [6.07, 6.45) is -0.402. The molecule has 0 aliphatic carbocycles. The van der Waals surface area contributed by atoms with Gasteiger partial charge in [-0.1, -0.05) is 29.8 Å². The normalized spacial score (nSPS) is 12.8. The van der Waals surface area contributed by atoms with Crippen LogP contribution in [0.25, 0.3) is 0 Å². The molecule has 0 amide bonds. The average Bonchev–Trinajstić information content (AvgIpc) is 2.55. The van der Waals surface area contributed by atoms with E-state index in [1.54, 1.807) is 33.3 Å². The van der Waals surface area contributed by atoms with Gasteiger partial charge in [0, 0.05) is 13.7 Å². The minimum absolute atomic E-state index is 0.138. The van der Waals surface area contributed by atoms with Crippen LogP contribution >= 0.6 is 0 Å². The number of rotatable bonds is 7. The lowest BCUT2D eigenvalue weighted by Gasteiger charge is -2.18. The summed E-state index contributed by atoms with van der Waals surface area (Å²) in [5.74, 6) is 0.701. The van der Waals surface area contributed by atoms with Crippen molar-refractivity contribution >= 4 is 10.0 Å². The van der Waals surface area contributed by atoms with Crippen LogP contribution in [-0.2, 0) is 14.8 Å². The molecule has 24 heavy (non-hydrogen) atoms. The molecule has 0 radical (unpaired) electrons. The predicted molar refractivity (Wildman–Crippen MR) is 93.8 cm³/mol. The summed E-state index contributed by atoms with van der Waals surface area (Å²) in [6.45, 7) is 3.86. The number of methoxy groups -OCH3 is 2. The number of hydrogen-bond acceptors (Lipinski definition) is 4. The van der Waals surface area contributed by atoms with Crippen LogP contribution in [0.4, 0.5) is 0 Å². The molecule has 0 aromatic heterocycles. The molecule has 6 heteroatoms. The lowest BCUT2D eigenvalue weighted by atomic mass is 10.1. The van der Waals surface area contributed by atoms with Gasteiger partial charge >= 0.3 is 0 Å². The summed E-state index contributed by atoms with van der Waals surface area (Å²) in [4.78, 5) is 0.286. The molecule has 0 saturated carbocycles. The molecule has 2 aromatic rings. The molecular weight excluding hydrogens is 326 g/mol. The number of nitrogens with one attached hydrogen (secondary N) is 1. The van der Waals surface area contributed by atoms with E-state index >= 15 is 0 Å². The monoisotopic (exact) mass is 349 g/mol. The number of benzene rings is 2. The largest absolute Gasteiger partial charge is 0.497 e. The van der Waals surface area contributed by atoms with Crippen molar-refractivity contribution in [2.75, 3.05) is 20.8 Å². The van der Waals surface area contributed by atoms with Crippen molar-refractivity contribution < 1.29 is 17.9 Å². The Balaban J connectivity index is 2.17. The van der Waals surface area contributed by atoms with Crippen molar-refractivity contribution in [1.29, 1.82) is 0 Å². The first-order valence-electron chi connectivity index (χ1n) is 7.61. The van der Waals surface area contributed by atoms with Crippen LogP contribution in [0.5, 0.6) is 5.75 Å². The fourth-order valence-electron chi connectivity index (χ4n) is 2.54. The average molecular weight is 349 g/mol. The van der Waals surface area contributed by atoms with Gasteiger partial charge in [-0.15, -0.1) is 0 Å². The van der Waals surface area contributed by atoms with Crippen molar-refractivity contribution in [3.8, 4) is 5.75 Å². The molecule has 0 aliphatic rings. The smallest absolute Gasteiger partial charge is 0.240 e. The van der Waals surface area contributed by atoms with Crippen molar-refractivity contribution in [2.24, 2.45) is 0 Å². The number of aryl methyl sites for hydroxylation is 2. The van der Waals surface area contributed by atoms with Crippen LogP contribution in [0.1, 0.15) is 22.8 Å². The van der Waals surface area contributed by atoms with E-state index in [2.05, 4.69) is 4.72 Å². The predicted octanol–water partition coefficient (Wildman–Crippen LogP) is 2.98. The van der Waals surface area contributed by atoms with Gasteiger partial charge in [-0.05, 0) is 43.2 Å². The van der Waals surface area contributed by atoms with Gasteiger partial charge in [-0.2, -0.15) is 0 Å². The Labute approximate surface area is 143 Å². The first-order chi connectivity index (χ1) is 11.4. The standard InChI is InChI=1S/C18H23NO4S/c1-13-8-9-18(14(2)10-13)24(20,21)19-12-17(23-4)15-6-5-7-16(11-15)22-3/h5-11,17,19H,12H2,1-4H3/t17-/m0/s1. The van der Waals surface area contributed by atoms with Gasteiger partial charge in [0.2, 0.25) is 10.0 Å². The molecule has 0 spiro atoms. The highest BCUT2D eigenvalue weighted by Gasteiger charge is 2.20. The minimum Gasteiger partial charge on any atom is -0.497 e. The quantitative estimate of drug-likeness (QED) is 0.835. The maximum atomic E-state index is 12.5. The first kappa shape index (κ1) is 18.4. The van der Waals surface area contributed by atoms with Crippen molar-refractivity contribution in [3.05, 3.63) is 59.2 Å². The minimum atomic E-state index is -3.60. The Morgan fingerprint density at radius 2 is 1.83 bits per heavy atom. The van der Waals surface area contributed by atoms with Crippen molar-refractivity contribution in [2.45, 2.75) is 24.8 Å². The van der Waals surface area contributed by atoms with Gasteiger partial charge in [-0.3, -0.25) is 0 Å².